The van der Waals surface area contributed by atoms with E-state index < -0.39 is 5.41 Å². The fraction of sp³-hybridized carbons (Fsp3) is 0.391. The normalized spacial score (nSPS) is 15.3. The second-order valence-corrected chi connectivity index (χ2v) is 8.53. The van der Waals surface area contributed by atoms with Gasteiger partial charge >= 0.3 is 5.97 Å². The van der Waals surface area contributed by atoms with Crippen molar-refractivity contribution in [2.24, 2.45) is 5.41 Å². The SMILES string of the molecule is CC(C)(C)C(=O)Oc1ccc(-c2nn(C3CCCC3)c3c(F)cccc23)cc1. The zero-order chi connectivity index (χ0) is 19.9. The standard InChI is InChI=1S/C23H25FN2O2/c1-23(2,3)22(27)28-17-13-11-15(12-14-17)20-18-9-6-10-19(24)21(18)26(25-20)16-7-4-5-8-16/h6,9-14,16H,4-5,7-8H2,1-3H3. The van der Waals surface area contributed by atoms with Gasteiger partial charge in [-0.1, -0.05) is 25.0 Å². The van der Waals surface area contributed by atoms with Gasteiger partial charge in [-0.2, -0.15) is 5.10 Å². The van der Waals surface area contributed by atoms with Crippen LogP contribution >= 0.6 is 0 Å². The summed E-state index contributed by atoms with van der Waals surface area (Å²) in [5.41, 5.74) is 1.65. The minimum absolute atomic E-state index is 0.237. The number of benzene rings is 2. The Bertz CT molecular complexity index is 1010. The Kier molecular flexibility index (Phi) is 4.69. The molecule has 0 saturated heterocycles. The van der Waals surface area contributed by atoms with Crippen molar-refractivity contribution in [3.05, 3.63) is 48.3 Å². The Morgan fingerprint density at radius 2 is 1.79 bits per heavy atom. The van der Waals surface area contributed by atoms with E-state index in [1.165, 1.54) is 6.07 Å². The van der Waals surface area contributed by atoms with Gasteiger partial charge in [0.25, 0.3) is 0 Å². The molecule has 3 aromatic rings. The van der Waals surface area contributed by atoms with Gasteiger partial charge in [-0.3, -0.25) is 9.48 Å². The molecule has 1 aromatic heterocycles. The molecule has 28 heavy (non-hydrogen) atoms. The van der Waals surface area contributed by atoms with E-state index in [0.717, 1.165) is 42.3 Å². The minimum atomic E-state index is -0.563. The highest BCUT2D eigenvalue weighted by molar-refractivity contribution is 5.93. The molecule has 0 bridgehead atoms. The van der Waals surface area contributed by atoms with Crippen molar-refractivity contribution in [1.29, 1.82) is 0 Å². The number of rotatable bonds is 3. The van der Waals surface area contributed by atoms with Gasteiger partial charge in [-0.15, -0.1) is 0 Å². The van der Waals surface area contributed by atoms with Crippen LogP contribution in [0, 0.1) is 11.2 Å². The molecule has 1 aliphatic rings. The molecular formula is C23H25FN2O2. The molecule has 0 aliphatic heterocycles. The van der Waals surface area contributed by atoms with Crippen LogP contribution < -0.4 is 4.74 Å². The van der Waals surface area contributed by atoms with E-state index >= 15 is 0 Å². The number of carbonyl (C=O) groups excluding carboxylic acids is 1. The average molecular weight is 380 g/mol. The summed E-state index contributed by atoms with van der Waals surface area (Å²) in [4.78, 5) is 12.1. The Hall–Kier alpha value is -2.69. The van der Waals surface area contributed by atoms with Gasteiger partial charge in [0.2, 0.25) is 0 Å². The van der Waals surface area contributed by atoms with Crippen LogP contribution in [0.4, 0.5) is 4.39 Å². The number of ether oxygens (including phenoxy) is 1. The van der Waals surface area contributed by atoms with Crippen LogP contribution in [0.1, 0.15) is 52.5 Å². The molecule has 0 N–H and O–H groups in total. The molecule has 4 rings (SSSR count). The molecule has 1 saturated carbocycles. The van der Waals surface area contributed by atoms with Crippen LogP contribution in [-0.2, 0) is 4.79 Å². The quantitative estimate of drug-likeness (QED) is 0.419. The number of nitrogens with zero attached hydrogens (tertiary/aromatic N) is 2. The van der Waals surface area contributed by atoms with Crippen LogP contribution in [0.5, 0.6) is 5.75 Å². The highest BCUT2D eigenvalue weighted by Gasteiger charge is 2.25. The molecule has 146 valence electrons. The van der Waals surface area contributed by atoms with E-state index in [2.05, 4.69) is 0 Å². The smallest absolute Gasteiger partial charge is 0.316 e. The Morgan fingerprint density at radius 3 is 2.43 bits per heavy atom. The summed E-state index contributed by atoms with van der Waals surface area (Å²) in [7, 11) is 0. The summed E-state index contributed by atoms with van der Waals surface area (Å²) in [5, 5.41) is 5.61. The Morgan fingerprint density at radius 1 is 1.11 bits per heavy atom. The number of aromatic nitrogens is 2. The molecule has 4 nitrogen and oxygen atoms in total. The van der Waals surface area contributed by atoms with E-state index in [4.69, 9.17) is 9.84 Å². The van der Waals surface area contributed by atoms with Crippen LogP contribution in [-0.4, -0.2) is 15.7 Å². The predicted octanol–water partition coefficient (Wildman–Crippen LogP) is 5.91. The fourth-order valence-corrected chi connectivity index (χ4v) is 3.72. The van der Waals surface area contributed by atoms with Crippen molar-refractivity contribution in [3.8, 4) is 17.0 Å². The van der Waals surface area contributed by atoms with Gasteiger partial charge in [-0.25, -0.2) is 4.39 Å². The van der Waals surface area contributed by atoms with Crippen molar-refractivity contribution in [3.63, 3.8) is 0 Å². The maximum absolute atomic E-state index is 14.6. The second kappa shape index (κ2) is 7.04. The molecule has 0 atom stereocenters. The van der Waals surface area contributed by atoms with Crippen molar-refractivity contribution < 1.29 is 13.9 Å². The maximum Gasteiger partial charge on any atom is 0.316 e. The van der Waals surface area contributed by atoms with E-state index in [-0.39, 0.29) is 17.8 Å². The topological polar surface area (TPSA) is 44.1 Å². The van der Waals surface area contributed by atoms with Gasteiger partial charge < -0.3 is 4.74 Å². The van der Waals surface area contributed by atoms with Gasteiger partial charge in [0, 0.05) is 10.9 Å². The fourth-order valence-electron chi connectivity index (χ4n) is 3.72. The molecule has 0 spiro atoms. The summed E-state index contributed by atoms with van der Waals surface area (Å²) >= 11 is 0. The lowest BCUT2D eigenvalue weighted by Gasteiger charge is -2.16. The van der Waals surface area contributed by atoms with Gasteiger partial charge in [-0.05, 0) is 63.9 Å². The van der Waals surface area contributed by atoms with E-state index in [1.54, 1.807) is 18.2 Å². The first-order valence-corrected chi connectivity index (χ1v) is 9.84. The number of halogens is 1. The molecule has 1 heterocycles. The zero-order valence-corrected chi connectivity index (χ0v) is 16.5. The number of hydrogen-bond acceptors (Lipinski definition) is 3. The van der Waals surface area contributed by atoms with E-state index in [1.807, 2.05) is 43.7 Å². The van der Waals surface area contributed by atoms with Crippen molar-refractivity contribution in [2.75, 3.05) is 0 Å². The molecule has 0 amide bonds. The molecule has 0 radical (unpaired) electrons. The zero-order valence-electron chi connectivity index (χ0n) is 16.5. The molecule has 2 aromatic carbocycles. The van der Waals surface area contributed by atoms with Crippen LogP contribution in [0.2, 0.25) is 0 Å². The first-order valence-electron chi connectivity index (χ1n) is 9.84. The van der Waals surface area contributed by atoms with Gasteiger partial charge in [0.1, 0.15) is 22.8 Å². The highest BCUT2D eigenvalue weighted by atomic mass is 19.1. The van der Waals surface area contributed by atoms with E-state index in [0.29, 0.717) is 11.3 Å². The van der Waals surface area contributed by atoms with Crippen LogP contribution in [0.3, 0.4) is 0 Å². The molecular weight excluding hydrogens is 355 g/mol. The summed E-state index contributed by atoms with van der Waals surface area (Å²) < 4.78 is 21.9. The molecule has 0 unspecified atom stereocenters. The largest absolute Gasteiger partial charge is 0.426 e. The third-order valence-electron chi connectivity index (χ3n) is 5.30. The molecule has 1 fully saturated rings. The maximum atomic E-state index is 14.6. The van der Waals surface area contributed by atoms with Crippen molar-refractivity contribution in [2.45, 2.75) is 52.5 Å². The first kappa shape index (κ1) is 18.7. The third-order valence-corrected chi connectivity index (χ3v) is 5.30. The summed E-state index contributed by atoms with van der Waals surface area (Å²) in [5.74, 6) is -0.0217. The summed E-state index contributed by atoms with van der Waals surface area (Å²) in [6, 6.07) is 12.7. The summed E-state index contributed by atoms with van der Waals surface area (Å²) in [6.07, 6.45) is 4.38. The van der Waals surface area contributed by atoms with Crippen molar-refractivity contribution >= 4 is 16.9 Å². The summed E-state index contributed by atoms with van der Waals surface area (Å²) in [6.45, 7) is 5.46. The lowest BCUT2D eigenvalue weighted by molar-refractivity contribution is -0.142. The average Bonchev–Trinajstić information content (AvgIpc) is 3.30. The number of para-hydroxylation sites is 1. The van der Waals surface area contributed by atoms with Gasteiger partial charge in [0.05, 0.1) is 11.5 Å². The monoisotopic (exact) mass is 380 g/mol. The minimum Gasteiger partial charge on any atom is -0.426 e. The van der Waals surface area contributed by atoms with E-state index in [9.17, 15) is 9.18 Å². The third kappa shape index (κ3) is 3.41. The lowest BCUT2D eigenvalue weighted by Crippen LogP contribution is -2.25. The van der Waals surface area contributed by atoms with Crippen LogP contribution in [0.25, 0.3) is 22.2 Å². The Balaban J connectivity index is 1.71. The highest BCUT2D eigenvalue weighted by Crippen LogP contribution is 2.37. The predicted molar refractivity (Wildman–Crippen MR) is 108 cm³/mol. The second-order valence-electron chi connectivity index (χ2n) is 8.53. The first-order chi connectivity index (χ1) is 13.3. The Labute approximate surface area is 164 Å². The van der Waals surface area contributed by atoms with Gasteiger partial charge in [0.15, 0.2) is 0 Å². The number of fused-ring (bicyclic) bond motifs is 1. The number of carbonyl (C=O) groups is 1. The van der Waals surface area contributed by atoms with Crippen LogP contribution in [0.15, 0.2) is 42.5 Å². The lowest BCUT2D eigenvalue weighted by atomic mass is 9.97. The molecule has 1 aliphatic carbocycles. The number of esters is 1. The van der Waals surface area contributed by atoms with Crippen molar-refractivity contribution in [1.82, 2.24) is 9.78 Å². The number of hydrogen-bond donors (Lipinski definition) is 0. The molecule has 5 heteroatoms.